The monoisotopic (exact) mass is 250 g/mol. The van der Waals surface area contributed by atoms with E-state index in [2.05, 4.69) is 0 Å². The van der Waals surface area contributed by atoms with Crippen molar-refractivity contribution in [1.29, 1.82) is 0 Å². The van der Waals surface area contributed by atoms with E-state index < -0.39 is 0 Å². The third-order valence-electron chi connectivity index (χ3n) is 2.93. The molecule has 1 aliphatic rings. The topological polar surface area (TPSA) is 64.8 Å². The summed E-state index contributed by atoms with van der Waals surface area (Å²) in [5.41, 5.74) is 8.35. The summed E-state index contributed by atoms with van der Waals surface area (Å²) in [6.45, 7) is 2.20. The molecule has 18 heavy (non-hydrogen) atoms. The van der Waals surface area contributed by atoms with Crippen LogP contribution >= 0.6 is 0 Å². The fourth-order valence-electron chi connectivity index (χ4n) is 2.05. The lowest BCUT2D eigenvalue weighted by Crippen LogP contribution is -2.30. The maximum absolute atomic E-state index is 11.9. The molecule has 98 valence electrons. The number of amides is 1. The maximum atomic E-state index is 11.9. The van der Waals surface area contributed by atoms with Crippen LogP contribution in [-0.4, -0.2) is 39.4 Å². The Bertz CT molecular complexity index is 434. The summed E-state index contributed by atoms with van der Waals surface area (Å²) in [5, 5.41) is 0. The van der Waals surface area contributed by atoms with Gasteiger partial charge in [-0.2, -0.15) is 0 Å². The van der Waals surface area contributed by atoms with E-state index >= 15 is 0 Å². The highest BCUT2D eigenvalue weighted by atomic mass is 16.5. The molecule has 0 spiro atoms. The lowest BCUT2D eigenvalue weighted by Gasteiger charge is -2.17. The van der Waals surface area contributed by atoms with Gasteiger partial charge in [0.1, 0.15) is 0 Å². The summed E-state index contributed by atoms with van der Waals surface area (Å²) in [6.07, 6.45) is 0.429. The first-order valence-corrected chi connectivity index (χ1v) is 5.98. The van der Waals surface area contributed by atoms with Crippen molar-refractivity contribution in [2.75, 3.05) is 44.1 Å². The Morgan fingerprint density at radius 3 is 2.94 bits per heavy atom. The molecule has 0 atom stereocenters. The van der Waals surface area contributed by atoms with Crippen LogP contribution in [0.15, 0.2) is 18.2 Å². The number of hydrogen-bond donors (Lipinski definition) is 1. The minimum absolute atomic E-state index is 0.103. The lowest BCUT2D eigenvalue weighted by molar-refractivity contribution is -0.117. The lowest BCUT2D eigenvalue weighted by atomic mass is 10.1. The van der Waals surface area contributed by atoms with Crippen molar-refractivity contribution in [3.63, 3.8) is 0 Å². The van der Waals surface area contributed by atoms with E-state index in [1.807, 2.05) is 18.2 Å². The van der Waals surface area contributed by atoms with Crippen LogP contribution in [0.1, 0.15) is 5.56 Å². The van der Waals surface area contributed by atoms with Crippen molar-refractivity contribution in [3.05, 3.63) is 23.8 Å². The van der Waals surface area contributed by atoms with Crippen LogP contribution in [0.3, 0.4) is 0 Å². The van der Waals surface area contributed by atoms with Crippen LogP contribution in [0, 0.1) is 0 Å². The number of nitrogen functional groups attached to an aromatic ring is 1. The van der Waals surface area contributed by atoms with E-state index in [1.54, 1.807) is 12.0 Å². The van der Waals surface area contributed by atoms with Crippen LogP contribution in [0.2, 0.25) is 0 Å². The number of carbonyl (C=O) groups excluding carboxylic acids is 1. The number of benzene rings is 1. The molecule has 0 saturated heterocycles. The molecule has 2 N–H and O–H groups in total. The Labute approximate surface area is 106 Å². The van der Waals surface area contributed by atoms with Gasteiger partial charge in [-0.25, -0.2) is 0 Å². The average molecular weight is 250 g/mol. The number of carbonyl (C=O) groups is 1. The van der Waals surface area contributed by atoms with Crippen molar-refractivity contribution in [3.8, 4) is 0 Å². The summed E-state index contributed by atoms with van der Waals surface area (Å²) < 4.78 is 10.3. The third kappa shape index (κ3) is 2.80. The number of rotatable bonds is 6. The molecule has 1 aliphatic heterocycles. The highest BCUT2D eigenvalue weighted by molar-refractivity contribution is 6.01. The van der Waals surface area contributed by atoms with Gasteiger partial charge in [-0.3, -0.25) is 4.79 Å². The zero-order valence-electron chi connectivity index (χ0n) is 10.5. The maximum Gasteiger partial charge on any atom is 0.231 e. The molecular weight excluding hydrogens is 232 g/mol. The van der Waals surface area contributed by atoms with E-state index in [0.717, 1.165) is 11.3 Å². The van der Waals surface area contributed by atoms with Crippen molar-refractivity contribution in [2.24, 2.45) is 0 Å². The second kappa shape index (κ2) is 5.84. The molecule has 1 aromatic carbocycles. The summed E-state index contributed by atoms with van der Waals surface area (Å²) in [6, 6.07) is 5.57. The van der Waals surface area contributed by atoms with E-state index in [1.165, 1.54) is 0 Å². The molecule has 2 rings (SSSR count). The van der Waals surface area contributed by atoms with Crippen LogP contribution in [-0.2, 0) is 20.7 Å². The van der Waals surface area contributed by atoms with E-state index in [4.69, 9.17) is 15.2 Å². The summed E-state index contributed by atoms with van der Waals surface area (Å²) in [5.74, 6) is 0.103. The molecule has 0 aromatic heterocycles. The number of methoxy groups -OCH3 is 1. The van der Waals surface area contributed by atoms with Gasteiger partial charge in [-0.05, 0) is 23.8 Å². The van der Waals surface area contributed by atoms with E-state index in [0.29, 0.717) is 38.5 Å². The number of nitrogens with two attached hydrogens (primary N) is 1. The number of ether oxygens (including phenoxy) is 2. The van der Waals surface area contributed by atoms with Crippen molar-refractivity contribution >= 4 is 17.3 Å². The summed E-state index contributed by atoms with van der Waals surface area (Å²) >= 11 is 0. The van der Waals surface area contributed by atoms with Crippen LogP contribution < -0.4 is 10.6 Å². The van der Waals surface area contributed by atoms with Gasteiger partial charge < -0.3 is 20.1 Å². The van der Waals surface area contributed by atoms with Gasteiger partial charge >= 0.3 is 0 Å². The molecule has 0 bridgehead atoms. The van der Waals surface area contributed by atoms with E-state index in [-0.39, 0.29) is 5.91 Å². The number of fused-ring (bicyclic) bond motifs is 1. The van der Waals surface area contributed by atoms with Gasteiger partial charge in [-0.15, -0.1) is 0 Å². The molecule has 5 nitrogen and oxygen atoms in total. The average Bonchev–Trinajstić information content (AvgIpc) is 2.64. The first-order chi connectivity index (χ1) is 8.72. The molecule has 0 radical (unpaired) electrons. The van der Waals surface area contributed by atoms with Crippen LogP contribution in [0.4, 0.5) is 11.4 Å². The number of anilines is 2. The molecule has 0 aliphatic carbocycles. The molecule has 0 unspecified atom stereocenters. The highest BCUT2D eigenvalue weighted by Gasteiger charge is 2.26. The van der Waals surface area contributed by atoms with E-state index in [9.17, 15) is 4.79 Å². The predicted molar refractivity (Wildman–Crippen MR) is 69.6 cm³/mol. The second-order valence-corrected chi connectivity index (χ2v) is 4.22. The van der Waals surface area contributed by atoms with Gasteiger partial charge in [0.2, 0.25) is 5.91 Å². The minimum Gasteiger partial charge on any atom is -0.399 e. The first kappa shape index (κ1) is 12.9. The first-order valence-electron chi connectivity index (χ1n) is 5.98. The van der Waals surface area contributed by atoms with Gasteiger partial charge in [0.05, 0.1) is 26.2 Å². The molecule has 0 fully saturated rings. The molecule has 5 heteroatoms. The summed E-state index contributed by atoms with van der Waals surface area (Å²) in [7, 11) is 1.63. The minimum atomic E-state index is 0.103. The molecule has 0 saturated carbocycles. The molecular formula is C13H18N2O3. The Kier molecular flexibility index (Phi) is 4.17. The Hall–Kier alpha value is -1.59. The normalized spacial score (nSPS) is 14.1. The van der Waals surface area contributed by atoms with Gasteiger partial charge in [0.15, 0.2) is 0 Å². The fourth-order valence-corrected chi connectivity index (χ4v) is 2.05. The predicted octanol–water partition coefficient (Wildman–Crippen LogP) is 0.821. The largest absolute Gasteiger partial charge is 0.399 e. The SMILES string of the molecule is COCCOCCN1C(=O)Cc2cc(N)ccc21. The van der Waals surface area contributed by atoms with Crippen molar-refractivity contribution in [2.45, 2.75) is 6.42 Å². The number of hydrogen-bond acceptors (Lipinski definition) is 4. The Morgan fingerprint density at radius 1 is 1.33 bits per heavy atom. The van der Waals surface area contributed by atoms with Crippen molar-refractivity contribution < 1.29 is 14.3 Å². The van der Waals surface area contributed by atoms with Gasteiger partial charge in [0.25, 0.3) is 0 Å². The Morgan fingerprint density at radius 2 is 2.17 bits per heavy atom. The third-order valence-corrected chi connectivity index (χ3v) is 2.93. The zero-order valence-corrected chi connectivity index (χ0v) is 10.5. The van der Waals surface area contributed by atoms with Gasteiger partial charge in [0, 0.05) is 25.0 Å². The fraction of sp³-hybridized carbons (Fsp3) is 0.462. The second-order valence-electron chi connectivity index (χ2n) is 4.22. The van der Waals surface area contributed by atoms with Crippen LogP contribution in [0.25, 0.3) is 0 Å². The van der Waals surface area contributed by atoms with Crippen molar-refractivity contribution in [1.82, 2.24) is 0 Å². The zero-order chi connectivity index (χ0) is 13.0. The quantitative estimate of drug-likeness (QED) is 0.599. The Balaban J connectivity index is 1.92. The standard InChI is InChI=1S/C13H18N2O3/c1-17-6-7-18-5-4-15-12-3-2-11(14)8-10(12)9-13(15)16/h2-3,8H,4-7,9,14H2,1H3. The molecule has 1 aromatic rings. The summed E-state index contributed by atoms with van der Waals surface area (Å²) in [4.78, 5) is 13.6. The highest BCUT2D eigenvalue weighted by Crippen LogP contribution is 2.30. The smallest absolute Gasteiger partial charge is 0.231 e. The van der Waals surface area contributed by atoms with Gasteiger partial charge in [-0.1, -0.05) is 0 Å². The molecule has 1 heterocycles. The molecule has 1 amide bonds. The van der Waals surface area contributed by atoms with Crippen LogP contribution in [0.5, 0.6) is 0 Å². The number of nitrogens with zero attached hydrogens (tertiary/aromatic N) is 1.